The van der Waals surface area contributed by atoms with E-state index in [4.69, 9.17) is 28.6 Å². The number of ether oxygens (including phenoxy) is 1. The molecule has 0 radical (unpaired) electrons. The van der Waals surface area contributed by atoms with Gasteiger partial charge in [-0.2, -0.15) is 0 Å². The number of thioether (sulfide) groups is 1. The largest absolute Gasteiger partial charge is 0.495 e. The lowest BCUT2D eigenvalue weighted by molar-refractivity contribution is -0.119. The van der Waals surface area contributed by atoms with E-state index in [1.807, 2.05) is 12.1 Å². The summed E-state index contributed by atoms with van der Waals surface area (Å²) < 4.78 is 5.23. The van der Waals surface area contributed by atoms with E-state index in [9.17, 15) is 4.79 Å². The fraction of sp³-hybridized carbons (Fsp3) is 0.222. The highest BCUT2D eigenvalue weighted by Crippen LogP contribution is 2.27. The van der Waals surface area contributed by atoms with Crippen molar-refractivity contribution in [3.8, 4) is 5.75 Å². The Kier molecular flexibility index (Phi) is 8.03. The van der Waals surface area contributed by atoms with Crippen LogP contribution in [-0.4, -0.2) is 23.9 Å². The van der Waals surface area contributed by atoms with E-state index in [-0.39, 0.29) is 11.0 Å². The summed E-state index contributed by atoms with van der Waals surface area (Å²) in [6, 6.07) is 13.3. The Morgan fingerprint density at radius 1 is 1.23 bits per heavy atom. The number of rotatable bonds is 6. The summed E-state index contributed by atoms with van der Waals surface area (Å²) in [5.74, 6) is 1.54. The van der Waals surface area contributed by atoms with Crippen LogP contribution in [-0.2, 0) is 10.5 Å². The monoisotopic (exact) mass is 409 g/mol. The molecule has 1 amide bonds. The predicted molar refractivity (Wildman–Crippen MR) is 113 cm³/mol. The average Bonchev–Trinajstić information content (AvgIpc) is 2.62. The number of thiocarbonyl (C=S) groups is 1. The zero-order valence-electron chi connectivity index (χ0n) is 14.5. The summed E-state index contributed by atoms with van der Waals surface area (Å²) in [5.41, 5.74) is 8.30. The molecule has 5 nitrogen and oxygen atoms in total. The molecule has 0 aromatic heterocycles. The minimum atomic E-state index is -0.161. The first-order chi connectivity index (χ1) is 12.5. The summed E-state index contributed by atoms with van der Waals surface area (Å²) in [6.07, 6.45) is 0. The van der Waals surface area contributed by atoms with E-state index in [2.05, 4.69) is 35.2 Å². The number of benzene rings is 2. The van der Waals surface area contributed by atoms with E-state index in [0.29, 0.717) is 22.2 Å². The summed E-state index contributed by atoms with van der Waals surface area (Å²) in [6.45, 7) is 2.06. The Morgan fingerprint density at radius 2 is 2.00 bits per heavy atom. The van der Waals surface area contributed by atoms with Gasteiger partial charge in [0, 0.05) is 10.8 Å². The van der Waals surface area contributed by atoms with Gasteiger partial charge in [-0.1, -0.05) is 35.9 Å². The number of nitrogens with one attached hydrogen (secondary N) is 3. The van der Waals surface area contributed by atoms with Crippen LogP contribution in [0.4, 0.5) is 5.69 Å². The normalized spacial score (nSPS) is 10.1. The number of hydrazine groups is 1. The first kappa shape index (κ1) is 20.4. The maximum Gasteiger partial charge on any atom is 0.248 e. The third-order valence-electron chi connectivity index (χ3n) is 3.48. The van der Waals surface area contributed by atoms with Gasteiger partial charge in [-0.3, -0.25) is 15.6 Å². The second-order valence-electron chi connectivity index (χ2n) is 5.39. The molecule has 138 valence electrons. The van der Waals surface area contributed by atoms with Gasteiger partial charge in [0.15, 0.2) is 5.11 Å². The molecule has 26 heavy (non-hydrogen) atoms. The van der Waals surface area contributed by atoms with Crippen molar-refractivity contribution in [3.63, 3.8) is 0 Å². The van der Waals surface area contributed by atoms with Crippen LogP contribution in [0.3, 0.4) is 0 Å². The molecule has 0 spiro atoms. The summed E-state index contributed by atoms with van der Waals surface area (Å²) >= 11 is 12.7. The van der Waals surface area contributed by atoms with Crippen molar-refractivity contribution in [2.75, 3.05) is 18.2 Å². The lowest BCUT2D eigenvalue weighted by Crippen LogP contribution is -2.44. The Labute approximate surface area is 167 Å². The zero-order chi connectivity index (χ0) is 18.9. The second-order valence-corrected chi connectivity index (χ2v) is 7.22. The SMILES string of the molecule is COc1ccc(Cl)cc1NC(=S)NNC(=O)CSCc1ccccc1C. The highest BCUT2D eigenvalue weighted by molar-refractivity contribution is 7.99. The van der Waals surface area contributed by atoms with Crippen molar-refractivity contribution in [2.45, 2.75) is 12.7 Å². The van der Waals surface area contributed by atoms with Gasteiger partial charge in [0.25, 0.3) is 0 Å². The Hall–Kier alpha value is -1.96. The molecule has 2 rings (SSSR count). The molecule has 0 aliphatic rings. The Balaban J connectivity index is 1.74. The van der Waals surface area contributed by atoms with E-state index < -0.39 is 0 Å². The summed E-state index contributed by atoms with van der Waals surface area (Å²) in [7, 11) is 1.55. The molecular formula is C18H20ClN3O2S2. The average molecular weight is 410 g/mol. The van der Waals surface area contributed by atoms with Gasteiger partial charge < -0.3 is 10.1 Å². The molecule has 0 aliphatic heterocycles. The first-order valence-electron chi connectivity index (χ1n) is 7.81. The molecule has 0 saturated carbocycles. The molecular weight excluding hydrogens is 390 g/mol. The maximum absolute atomic E-state index is 11.9. The van der Waals surface area contributed by atoms with Crippen LogP contribution in [0.15, 0.2) is 42.5 Å². The Bertz CT molecular complexity index is 787. The van der Waals surface area contributed by atoms with Gasteiger partial charge in [0.1, 0.15) is 5.75 Å². The number of amides is 1. The van der Waals surface area contributed by atoms with E-state index >= 15 is 0 Å². The van der Waals surface area contributed by atoms with E-state index in [1.165, 1.54) is 22.9 Å². The standard InChI is InChI=1S/C18H20ClN3O2S2/c1-12-5-3-4-6-13(12)10-26-11-17(23)21-22-18(25)20-15-9-14(19)7-8-16(15)24-2/h3-9H,10-11H2,1-2H3,(H,21,23)(H2,20,22,25). The quantitative estimate of drug-likeness (QED) is 0.496. The van der Waals surface area contributed by atoms with Crippen LogP contribution in [0.1, 0.15) is 11.1 Å². The van der Waals surface area contributed by atoms with Gasteiger partial charge in [-0.05, 0) is 48.5 Å². The molecule has 0 heterocycles. The highest BCUT2D eigenvalue weighted by Gasteiger charge is 2.07. The predicted octanol–water partition coefficient (Wildman–Crippen LogP) is 3.91. The lowest BCUT2D eigenvalue weighted by atomic mass is 10.1. The molecule has 3 N–H and O–H groups in total. The van der Waals surface area contributed by atoms with Crippen molar-refractivity contribution in [2.24, 2.45) is 0 Å². The number of hydrogen-bond donors (Lipinski definition) is 3. The molecule has 2 aromatic carbocycles. The summed E-state index contributed by atoms with van der Waals surface area (Å²) in [5, 5.41) is 3.72. The number of carbonyl (C=O) groups excluding carboxylic acids is 1. The van der Waals surface area contributed by atoms with Crippen LogP contribution in [0, 0.1) is 6.92 Å². The second kappa shape index (κ2) is 10.3. The van der Waals surface area contributed by atoms with Crippen LogP contribution >= 0.6 is 35.6 Å². The van der Waals surface area contributed by atoms with Crippen LogP contribution in [0.25, 0.3) is 0 Å². The van der Waals surface area contributed by atoms with Crippen molar-refractivity contribution in [1.29, 1.82) is 0 Å². The minimum absolute atomic E-state index is 0.161. The lowest BCUT2D eigenvalue weighted by Gasteiger charge is -2.14. The van der Waals surface area contributed by atoms with Crippen LogP contribution < -0.4 is 20.9 Å². The van der Waals surface area contributed by atoms with Crippen molar-refractivity contribution < 1.29 is 9.53 Å². The fourth-order valence-corrected chi connectivity index (χ4v) is 3.36. The van der Waals surface area contributed by atoms with Crippen LogP contribution in [0.5, 0.6) is 5.75 Å². The van der Waals surface area contributed by atoms with Gasteiger partial charge in [0.2, 0.25) is 5.91 Å². The number of hydrogen-bond acceptors (Lipinski definition) is 4. The smallest absolute Gasteiger partial charge is 0.248 e. The molecule has 0 fully saturated rings. The number of aryl methyl sites for hydroxylation is 1. The third-order valence-corrected chi connectivity index (χ3v) is 4.90. The zero-order valence-corrected chi connectivity index (χ0v) is 16.9. The van der Waals surface area contributed by atoms with Gasteiger partial charge in [0.05, 0.1) is 18.6 Å². The highest BCUT2D eigenvalue weighted by atomic mass is 35.5. The van der Waals surface area contributed by atoms with E-state index in [0.717, 1.165) is 5.75 Å². The molecule has 0 atom stereocenters. The molecule has 8 heteroatoms. The van der Waals surface area contributed by atoms with E-state index in [1.54, 1.807) is 25.3 Å². The van der Waals surface area contributed by atoms with Gasteiger partial charge in [-0.25, -0.2) is 0 Å². The molecule has 0 bridgehead atoms. The van der Waals surface area contributed by atoms with Gasteiger partial charge >= 0.3 is 0 Å². The number of halogens is 1. The molecule has 0 aliphatic carbocycles. The van der Waals surface area contributed by atoms with Gasteiger partial charge in [-0.15, -0.1) is 11.8 Å². The molecule has 0 saturated heterocycles. The summed E-state index contributed by atoms with van der Waals surface area (Å²) in [4.78, 5) is 11.9. The van der Waals surface area contributed by atoms with Crippen molar-refractivity contribution >= 4 is 52.3 Å². The topological polar surface area (TPSA) is 62.4 Å². The van der Waals surface area contributed by atoms with Crippen LogP contribution in [0.2, 0.25) is 5.02 Å². The number of carbonyl (C=O) groups is 1. The molecule has 2 aromatic rings. The first-order valence-corrected chi connectivity index (χ1v) is 9.75. The number of anilines is 1. The van der Waals surface area contributed by atoms with Crippen molar-refractivity contribution in [1.82, 2.24) is 10.9 Å². The fourth-order valence-electron chi connectivity index (χ4n) is 2.12. The molecule has 0 unspecified atom stereocenters. The minimum Gasteiger partial charge on any atom is -0.495 e. The Morgan fingerprint density at radius 3 is 2.73 bits per heavy atom. The van der Waals surface area contributed by atoms with Crippen molar-refractivity contribution in [3.05, 3.63) is 58.6 Å². The number of methoxy groups -OCH3 is 1. The maximum atomic E-state index is 11.9. The third kappa shape index (κ3) is 6.40.